The van der Waals surface area contributed by atoms with Crippen LogP contribution in [-0.2, 0) is 74.6 Å². The van der Waals surface area contributed by atoms with Crippen molar-refractivity contribution in [2.75, 3.05) is 5.73 Å². The monoisotopic (exact) mass is 1070 g/mol. The maximum atomic E-state index is 13.2. The maximum absolute atomic E-state index is 13.2. The molecule has 0 aliphatic rings. The van der Waals surface area contributed by atoms with Gasteiger partial charge in [0, 0.05) is 5.69 Å². The van der Waals surface area contributed by atoms with Gasteiger partial charge in [0.1, 0.15) is 40.5 Å². The van der Waals surface area contributed by atoms with Crippen molar-refractivity contribution in [2.45, 2.75) is 19.6 Å². The molecule has 0 spiro atoms. The molecule has 6 aromatic rings. The molecule has 21 nitrogen and oxygen atoms in total. The van der Waals surface area contributed by atoms with Gasteiger partial charge < -0.3 is 44.4 Å². The van der Waals surface area contributed by atoms with Crippen LogP contribution < -0.4 is 144 Å². The zero-order valence-electron chi connectivity index (χ0n) is 32.1. The number of nitrogens with two attached hydrogens (primary N) is 1. The Bertz CT molecular complexity index is 3280. The summed E-state index contributed by atoms with van der Waals surface area (Å²) in [6.45, 7) is 0. The molecule has 0 aliphatic carbocycles. The zero-order valence-corrected chi connectivity index (χ0v) is 45.3. The molecule has 31 heteroatoms. The second-order valence-corrected chi connectivity index (χ2v) is 17.1. The molecule has 0 aromatic heterocycles. The van der Waals surface area contributed by atoms with E-state index in [4.69, 9.17) is 5.73 Å². The molecule has 0 heterocycles. The fourth-order valence-electron chi connectivity index (χ4n) is 5.42. The Morgan fingerprint density at radius 3 is 1.27 bits per heavy atom. The molecule has 6 aromatic carbocycles. The minimum absolute atomic E-state index is 0. The van der Waals surface area contributed by atoms with Gasteiger partial charge in [-0.15, -0.1) is 10.2 Å². The van der Waals surface area contributed by atoms with Crippen LogP contribution >= 0.6 is 0 Å². The molecule has 2 N–H and O–H groups in total. The Morgan fingerprint density at radius 1 is 0.444 bits per heavy atom. The molecular weight excluding hydrogens is 1060 g/mol. The fourth-order valence-corrected chi connectivity index (χ4v) is 7.75. The fraction of sp³-hybridized carbons (Fsp3) is 0. The Labute approximate surface area is 467 Å². The molecule has 314 valence electrons. The minimum atomic E-state index is -5.50. The third-order valence-electron chi connectivity index (χ3n) is 8.02. The predicted octanol–water partition coefficient (Wildman–Crippen LogP) is -10.0. The number of nitrogen functional groups attached to an aromatic ring is 1. The SMILES string of the molecule is Nc1cc(S(=O)(=O)[O-])cc2cc(S(=O)(=O)[O-])c(N=Nc3ccc(-c4ccc(N=Nc5c(S(=O)(=O)[O-])cc6cc(S(=O)(=O)[O-])ccc6c5[O-])c([O-])c4)cc3[O-])c([O-])c12.[Cu+2].[Cu+2].[Na+].[Na+].[Na+].[Na+]. The Hall–Kier alpha value is -1.28. The van der Waals surface area contributed by atoms with Gasteiger partial charge in [-0.3, -0.25) is 0 Å². The summed E-state index contributed by atoms with van der Waals surface area (Å²) in [6, 6.07) is 11.3. The first-order chi connectivity index (χ1) is 26.3. The molecule has 0 aliphatic heterocycles. The summed E-state index contributed by atoms with van der Waals surface area (Å²) in [4.78, 5) is -4.21. The van der Waals surface area contributed by atoms with E-state index < -0.39 is 122 Å². The van der Waals surface area contributed by atoms with Crippen LogP contribution in [0, 0.1) is 0 Å². The Morgan fingerprint density at radius 2 is 0.857 bits per heavy atom. The molecule has 0 saturated heterocycles. The van der Waals surface area contributed by atoms with E-state index in [1.54, 1.807) is 0 Å². The minimum Gasteiger partial charge on any atom is -0.871 e. The molecule has 0 fully saturated rings. The standard InChI is InChI=1S/C32H23N5O16S4.2Cu.4Na/c33-21-13-19(55(45,46)47)8-17-12-27(57(51,52)53)30(32(41)28(17)21)37-35-23-6-2-15(10-25(23)39)14-1-5-22(24(38)9-14)34-36-29-26(56(48,49)50)11-16-7-18(54(42,43)44)3-4-20(16)31(29)40;;;;;;/h1-13,38-41H,33H2,(H,42,43,44)(H,45,46,47)(H,48,49,50)(H,51,52,53);;;;;;/q;2*+2;4*+1/p-8. The van der Waals surface area contributed by atoms with Crippen molar-refractivity contribution in [3.05, 3.63) is 78.9 Å². The third-order valence-corrected chi connectivity index (χ3v) is 11.4. The summed E-state index contributed by atoms with van der Waals surface area (Å²) in [5.74, 6) is -4.28. The summed E-state index contributed by atoms with van der Waals surface area (Å²) in [6.07, 6.45) is 0. The van der Waals surface area contributed by atoms with E-state index in [2.05, 4.69) is 20.5 Å². The van der Waals surface area contributed by atoms with Crippen LogP contribution in [0.15, 0.2) is 119 Å². The van der Waals surface area contributed by atoms with Gasteiger partial charge in [0.25, 0.3) is 0 Å². The van der Waals surface area contributed by atoms with Crippen molar-refractivity contribution in [3.8, 4) is 34.1 Å². The van der Waals surface area contributed by atoms with Crippen molar-refractivity contribution in [1.82, 2.24) is 0 Å². The summed E-state index contributed by atoms with van der Waals surface area (Å²) >= 11 is 0. The van der Waals surface area contributed by atoms with Crippen molar-refractivity contribution in [3.63, 3.8) is 0 Å². The number of anilines is 1. The predicted molar refractivity (Wildman–Crippen MR) is 182 cm³/mol. The number of benzene rings is 6. The van der Waals surface area contributed by atoms with Crippen molar-refractivity contribution in [1.29, 1.82) is 0 Å². The van der Waals surface area contributed by atoms with Gasteiger partial charge >= 0.3 is 152 Å². The molecule has 0 unspecified atom stereocenters. The Kier molecular flexibility index (Phi) is 22.7. The maximum Gasteiger partial charge on any atom is 2.00 e. The first-order valence-electron chi connectivity index (χ1n) is 15.0. The topological polar surface area (TPSA) is 396 Å². The van der Waals surface area contributed by atoms with Gasteiger partial charge in [0.05, 0.1) is 42.3 Å². The van der Waals surface area contributed by atoms with Crippen LogP contribution in [0.1, 0.15) is 0 Å². The van der Waals surface area contributed by atoms with Crippen LogP contribution in [0.3, 0.4) is 0 Å². The van der Waals surface area contributed by atoms with Crippen LogP contribution in [0.2, 0.25) is 0 Å². The van der Waals surface area contributed by atoms with Crippen LogP contribution in [0.25, 0.3) is 32.7 Å². The molecule has 0 amide bonds. The summed E-state index contributed by atoms with van der Waals surface area (Å²) in [7, 11) is -21.1. The van der Waals surface area contributed by atoms with E-state index >= 15 is 0 Å². The molecule has 0 bridgehead atoms. The van der Waals surface area contributed by atoms with Gasteiger partial charge in [0.2, 0.25) is 0 Å². The number of nitrogens with zero attached hydrogens (tertiary/aromatic N) is 4. The third kappa shape index (κ3) is 13.7. The van der Waals surface area contributed by atoms with Crippen molar-refractivity contribution >= 4 is 90.5 Å². The van der Waals surface area contributed by atoms with E-state index in [0.29, 0.717) is 30.3 Å². The number of hydrogen-bond donors (Lipinski definition) is 1. The van der Waals surface area contributed by atoms with Crippen LogP contribution in [0.5, 0.6) is 23.0 Å². The Balaban J connectivity index is 0.00000641. The van der Waals surface area contributed by atoms with Gasteiger partial charge in [-0.25, -0.2) is 33.7 Å². The van der Waals surface area contributed by atoms with E-state index in [0.717, 1.165) is 36.4 Å². The average Bonchev–Trinajstić information content (AvgIpc) is 3.09. The normalized spacial score (nSPS) is 11.7. The van der Waals surface area contributed by atoms with Gasteiger partial charge in [-0.2, -0.15) is 10.2 Å². The zero-order chi connectivity index (χ0) is 42.0. The largest absolute Gasteiger partial charge is 2.00 e. The van der Waals surface area contributed by atoms with Gasteiger partial charge in [-0.05, 0) is 81.2 Å². The van der Waals surface area contributed by atoms with E-state index in [1.807, 2.05) is 0 Å². The molecule has 2 radical (unpaired) electrons. The van der Waals surface area contributed by atoms with Crippen LogP contribution in [-0.4, -0.2) is 51.9 Å². The van der Waals surface area contributed by atoms with Crippen molar-refractivity contribution in [2.24, 2.45) is 20.5 Å². The first-order valence-corrected chi connectivity index (χ1v) is 20.6. The van der Waals surface area contributed by atoms with E-state index in [-0.39, 0.29) is 174 Å². The summed E-state index contributed by atoms with van der Waals surface area (Å²) in [5.41, 5.74) is 2.29. The molecular formula is C32H15Cu2N5Na4O16S4. The van der Waals surface area contributed by atoms with Gasteiger partial charge in [-0.1, -0.05) is 53.3 Å². The quantitative estimate of drug-likeness (QED) is 0.0608. The number of azo groups is 2. The summed E-state index contributed by atoms with van der Waals surface area (Å²) in [5, 5.41) is 64.7. The number of fused-ring (bicyclic) bond motifs is 2. The molecule has 0 atom stereocenters. The summed E-state index contributed by atoms with van der Waals surface area (Å²) < 4.78 is 141. The smallest absolute Gasteiger partial charge is 0.871 e. The van der Waals surface area contributed by atoms with E-state index in [9.17, 15) is 72.3 Å². The number of rotatable bonds is 9. The molecule has 63 heavy (non-hydrogen) atoms. The second-order valence-electron chi connectivity index (χ2n) is 11.7. The first kappa shape index (κ1) is 61.7. The number of hydrogen-bond acceptors (Lipinski definition) is 21. The average molecular weight is 1070 g/mol. The molecule has 0 saturated carbocycles. The second kappa shape index (κ2) is 23.1. The van der Waals surface area contributed by atoms with E-state index in [1.165, 1.54) is 12.1 Å². The van der Waals surface area contributed by atoms with Crippen molar-refractivity contribution < 1.29 is 225 Å². The molecule has 6 rings (SSSR count). The van der Waals surface area contributed by atoms with Crippen LogP contribution in [0.4, 0.5) is 28.4 Å². The van der Waals surface area contributed by atoms with Gasteiger partial charge in [0.15, 0.2) is 0 Å².